The second-order valence-corrected chi connectivity index (χ2v) is 6.73. The summed E-state index contributed by atoms with van der Waals surface area (Å²) in [5, 5.41) is 0.395. The number of hydrogen-bond acceptors (Lipinski definition) is 5. The lowest BCUT2D eigenvalue weighted by molar-refractivity contribution is -0.137. The molecule has 7 heteroatoms. The molecule has 0 fully saturated rings. The summed E-state index contributed by atoms with van der Waals surface area (Å²) in [6.07, 6.45) is -0.888. The van der Waals surface area contributed by atoms with Crippen molar-refractivity contribution < 1.29 is 23.1 Å². The van der Waals surface area contributed by atoms with Crippen molar-refractivity contribution in [1.29, 1.82) is 0 Å². The Bertz CT molecular complexity index is 1120. The van der Waals surface area contributed by atoms with Gasteiger partial charge in [0.1, 0.15) is 11.3 Å². The highest BCUT2D eigenvalue weighted by atomic mass is 19.1. The SMILES string of the molecule is CCN(CC)C(=O)[C@@H](C)Oc1cc2oc(=O)cc(-c3ccccc3OC)c2cc1F. The van der Waals surface area contributed by atoms with Gasteiger partial charge in [-0.05, 0) is 32.9 Å². The van der Waals surface area contributed by atoms with Crippen LogP contribution in [0.1, 0.15) is 20.8 Å². The number of nitrogens with zero attached hydrogens (tertiary/aromatic N) is 1. The van der Waals surface area contributed by atoms with Crippen LogP contribution in [0.15, 0.2) is 51.7 Å². The number of carbonyl (C=O) groups is 1. The van der Waals surface area contributed by atoms with Crippen molar-refractivity contribution in [2.75, 3.05) is 20.2 Å². The van der Waals surface area contributed by atoms with E-state index in [0.717, 1.165) is 0 Å². The Hall–Kier alpha value is -3.35. The van der Waals surface area contributed by atoms with Crippen LogP contribution in [0, 0.1) is 5.82 Å². The topological polar surface area (TPSA) is 69.0 Å². The van der Waals surface area contributed by atoms with Gasteiger partial charge in [-0.15, -0.1) is 0 Å². The van der Waals surface area contributed by atoms with Crippen molar-refractivity contribution in [1.82, 2.24) is 4.90 Å². The highest BCUT2D eigenvalue weighted by molar-refractivity contribution is 5.95. The number of halogens is 1. The van der Waals surface area contributed by atoms with Gasteiger partial charge < -0.3 is 18.8 Å². The van der Waals surface area contributed by atoms with E-state index in [4.69, 9.17) is 13.9 Å². The number of methoxy groups -OCH3 is 1. The Kier molecular flexibility index (Phi) is 6.40. The molecule has 1 aromatic heterocycles. The van der Waals surface area contributed by atoms with Gasteiger partial charge in [0.2, 0.25) is 0 Å². The van der Waals surface area contributed by atoms with Crippen molar-refractivity contribution in [2.24, 2.45) is 0 Å². The molecule has 0 saturated heterocycles. The van der Waals surface area contributed by atoms with E-state index in [-0.39, 0.29) is 17.2 Å². The molecule has 0 aliphatic carbocycles. The zero-order valence-electron chi connectivity index (χ0n) is 17.4. The third-order valence-corrected chi connectivity index (χ3v) is 4.92. The third kappa shape index (κ3) is 4.15. The average molecular weight is 413 g/mol. The van der Waals surface area contributed by atoms with E-state index in [1.807, 2.05) is 13.8 Å². The van der Waals surface area contributed by atoms with E-state index in [1.54, 1.807) is 36.1 Å². The number of rotatable bonds is 7. The van der Waals surface area contributed by atoms with Crippen molar-refractivity contribution in [3.8, 4) is 22.6 Å². The van der Waals surface area contributed by atoms with Gasteiger partial charge >= 0.3 is 5.63 Å². The summed E-state index contributed by atoms with van der Waals surface area (Å²) in [5.74, 6) is -0.519. The summed E-state index contributed by atoms with van der Waals surface area (Å²) in [4.78, 5) is 26.2. The lowest BCUT2D eigenvalue weighted by atomic mass is 10.0. The first-order valence-electron chi connectivity index (χ1n) is 9.75. The molecule has 3 rings (SSSR count). The van der Waals surface area contributed by atoms with Crippen molar-refractivity contribution in [3.05, 3.63) is 58.7 Å². The number of fused-ring (bicyclic) bond motifs is 1. The van der Waals surface area contributed by atoms with Crippen molar-refractivity contribution >= 4 is 16.9 Å². The smallest absolute Gasteiger partial charge is 0.336 e. The maximum Gasteiger partial charge on any atom is 0.336 e. The zero-order valence-corrected chi connectivity index (χ0v) is 17.4. The average Bonchev–Trinajstić information content (AvgIpc) is 2.74. The van der Waals surface area contributed by atoms with Crippen LogP contribution in [-0.2, 0) is 4.79 Å². The van der Waals surface area contributed by atoms with Gasteiger partial charge in [-0.1, -0.05) is 18.2 Å². The van der Waals surface area contributed by atoms with E-state index >= 15 is 0 Å². The number of benzene rings is 2. The lowest BCUT2D eigenvalue weighted by Crippen LogP contribution is -2.40. The zero-order chi connectivity index (χ0) is 21.8. The van der Waals surface area contributed by atoms with Crippen LogP contribution in [0.25, 0.3) is 22.1 Å². The fraction of sp³-hybridized carbons (Fsp3) is 0.304. The van der Waals surface area contributed by atoms with Crippen LogP contribution >= 0.6 is 0 Å². The van der Waals surface area contributed by atoms with Crippen molar-refractivity contribution in [2.45, 2.75) is 26.9 Å². The minimum Gasteiger partial charge on any atom is -0.496 e. The molecule has 2 aromatic carbocycles. The normalized spacial score (nSPS) is 11.9. The predicted octanol–water partition coefficient (Wildman–Crippen LogP) is 4.24. The number of likely N-dealkylation sites (N-methyl/N-ethyl adjacent to an activating group) is 1. The minimum atomic E-state index is -0.888. The van der Waals surface area contributed by atoms with Gasteiger partial charge in [-0.3, -0.25) is 4.79 Å². The highest BCUT2D eigenvalue weighted by Crippen LogP contribution is 2.36. The maximum atomic E-state index is 14.9. The lowest BCUT2D eigenvalue weighted by Gasteiger charge is -2.23. The fourth-order valence-electron chi connectivity index (χ4n) is 3.38. The maximum absolute atomic E-state index is 14.9. The molecule has 0 aliphatic heterocycles. The Labute approximate surface area is 173 Å². The monoisotopic (exact) mass is 413 g/mol. The second-order valence-electron chi connectivity index (χ2n) is 6.73. The van der Waals surface area contributed by atoms with E-state index in [1.165, 1.54) is 25.3 Å². The van der Waals surface area contributed by atoms with E-state index in [0.29, 0.717) is 35.4 Å². The summed E-state index contributed by atoms with van der Waals surface area (Å²) >= 11 is 0. The molecule has 30 heavy (non-hydrogen) atoms. The number of amides is 1. The summed E-state index contributed by atoms with van der Waals surface area (Å²) in [6.45, 7) is 6.34. The van der Waals surface area contributed by atoms with Crippen LogP contribution in [0.2, 0.25) is 0 Å². The van der Waals surface area contributed by atoms with Gasteiger partial charge in [0, 0.05) is 41.7 Å². The third-order valence-electron chi connectivity index (χ3n) is 4.92. The standard InChI is InChI=1S/C23H24FNO5/c1-5-25(6-2)23(27)14(3)29-21-13-20-17(11-18(21)24)16(12-22(26)30-20)15-9-7-8-10-19(15)28-4/h7-14H,5-6H2,1-4H3/t14-/m1/s1. The van der Waals surface area contributed by atoms with E-state index in [2.05, 4.69) is 0 Å². The quantitative estimate of drug-likeness (QED) is 0.542. The molecule has 0 bridgehead atoms. The number of carbonyl (C=O) groups excluding carboxylic acids is 1. The van der Waals surface area contributed by atoms with Gasteiger partial charge in [0.15, 0.2) is 17.7 Å². The molecular weight excluding hydrogens is 389 g/mol. The number of ether oxygens (including phenoxy) is 2. The molecule has 0 aliphatic rings. The van der Waals surface area contributed by atoms with Crippen LogP contribution in [0.3, 0.4) is 0 Å². The molecule has 1 heterocycles. The van der Waals surface area contributed by atoms with Gasteiger partial charge in [-0.25, -0.2) is 9.18 Å². The van der Waals surface area contributed by atoms with Gasteiger partial charge in [-0.2, -0.15) is 0 Å². The first-order valence-corrected chi connectivity index (χ1v) is 9.75. The summed E-state index contributed by atoms with van der Waals surface area (Å²) in [6, 6.07) is 11.0. The number of para-hydroxylation sites is 1. The molecule has 6 nitrogen and oxygen atoms in total. The summed E-state index contributed by atoms with van der Waals surface area (Å²) in [7, 11) is 1.52. The molecule has 0 unspecified atom stereocenters. The van der Waals surface area contributed by atoms with Crippen LogP contribution in [0.4, 0.5) is 4.39 Å². The Morgan fingerprint density at radius 2 is 1.80 bits per heavy atom. The molecule has 158 valence electrons. The van der Waals surface area contributed by atoms with E-state index in [9.17, 15) is 14.0 Å². The fourth-order valence-corrected chi connectivity index (χ4v) is 3.38. The summed E-state index contributed by atoms with van der Waals surface area (Å²) in [5.41, 5.74) is 0.683. The van der Waals surface area contributed by atoms with Crippen LogP contribution in [-0.4, -0.2) is 37.1 Å². The second kappa shape index (κ2) is 8.98. The van der Waals surface area contributed by atoms with Crippen LogP contribution in [0.5, 0.6) is 11.5 Å². The first-order chi connectivity index (χ1) is 14.4. The summed E-state index contributed by atoms with van der Waals surface area (Å²) < 4.78 is 31.1. The molecule has 0 N–H and O–H groups in total. The minimum absolute atomic E-state index is 0.155. The largest absolute Gasteiger partial charge is 0.496 e. The molecule has 0 spiro atoms. The molecular formula is C23H24FNO5. The van der Waals surface area contributed by atoms with E-state index < -0.39 is 17.5 Å². The molecule has 1 atom stereocenters. The van der Waals surface area contributed by atoms with Crippen molar-refractivity contribution in [3.63, 3.8) is 0 Å². The Balaban J connectivity index is 2.07. The molecule has 1 amide bonds. The molecule has 3 aromatic rings. The van der Waals surface area contributed by atoms with Gasteiger partial charge in [0.25, 0.3) is 5.91 Å². The van der Waals surface area contributed by atoms with Crippen LogP contribution < -0.4 is 15.1 Å². The molecule has 0 radical (unpaired) electrons. The predicted molar refractivity (Wildman–Crippen MR) is 112 cm³/mol. The Morgan fingerprint density at radius 3 is 2.47 bits per heavy atom. The highest BCUT2D eigenvalue weighted by Gasteiger charge is 2.22. The number of hydrogen-bond donors (Lipinski definition) is 0. The first kappa shape index (κ1) is 21.4. The molecule has 0 saturated carbocycles. The van der Waals surface area contributed by atoms with Gasteiger partial charge in [0.05, 0.1) is 7.11 Å². The Morgan fingerprint density at radius 1 is 1.10 bits per heavy atom.